The van der Waals surface area contributed by atoms with E-state index >= 15 is 0 Å². The Morgan fingerprint density at radius 2 is 1.73 bits per heavy atom. The average molecular weight is 488 g/mol. The van der Waals surface area contributed by atoms with Gasteiger partial charge in [-0.3, -0.25) is 14.5 Å². The minimum absolute atomic E-state index is 0.0456. The first-order valence-electron chi connectivity index (χ1n) is 11.1. The van der Waals surface area contributed by atoms with Crippen LogP contribution in [0.2, 0.25) is 0 Å². The number of nitrogens with zero attached hydrogens (tertiary/aromatic N) is 2. The van der Waals surface area contributed by atoms with Crippen LogP contribution in [0.5, 0.6) is 0 Å². The lowest BCUT2D eigenvalue weighted by atomic mass is 10.1. The molecule has 1 N–H and O–H groups in total. The molecule has 4 rings (SSSR count). The first-order chi connectivity index (χ1) is 15.8. The van der Waals surface area contributed by atoms with Crippen molar-refractivity contribution >= 4 is 39.1 Å². The number of amides is 2. The Morgan fingerprint density at radius 3 is 2.39 bits per heavy atom. The number of aryl methyl sites for hydroxylation is 1. The van der Waals surface area contributed by atoms with Crippen LogP contribution in [0.1, 0.15) is 22.3 Å². The van der Waals surface area contributed by atoms with Crippen molar-refractivity contribution in [2.45, 2.75) is 24.3 Å². The molecule has 2 amide bonds. The topological polar surface area (TPSA) is 86.8 Å². The van der Waals surface area contributed by atoms with Crippen LogP contribution in [0.3, 0.4) is 0 Å². The molecule has 0 aliphatic carbocycles. The smallest absolute Gasteiger partial charge is 0.255 e. The van der Waals surface area contributed by atoms with Crippen molar-refractivity contribution in [2.75, 3.05) is 48.8 Å². The van der Waals surface area contributed by atoms with Crippen LogP contribution in [0.25, 0.3) is 0 Å². The molecule has 9 heteroatoms. The largest absolute Gasteiger partial charge is 0.336 e. The SMILES string of the molecule is Cc1ccc(NC(=O)CSc2ccccc2C(=O)N2CCN([C@@H]3CCS(=O)(=O)C3)CC2)cc1. The zero-order valence-electron chi connectivity index (χ0n) is 18.7. The van der Waals surface area contributed by atoms with Gasteiger partial charge in [0.2, 0.25) is 5.91 Å². The summed E-state index contributed by atoms with van der Waals surface area (Å²) >= 11 is 1.35. The lowest BCUT2D eigenvalue weighted by Crippen LogP contribution is -2.52. The maximum atomic E-state index is 13.2. The quantitative estimate of drug-likeness (QED) is 0.631. The number of carbonyl (C=O) groups excluding carboxylic acids is 2. The molecule has 2 aliphatic heterocycles. The second-order valence-electron chi connectivity index (χ2n) is 8.58. The highest BCUT2D eigenvalue weighted by atomic mass is 32.2. The number of hydrogen-bond donors (Lipinski definition) is 1. The van der Waals surface area contributed by atoms with Gasteiger partial charge in [0.05, 0.1) is 22.8 Å². The van der Waals surface area contributed by atoms with Gasteiger partial charge in [-0.2, -0.15) is 0 Å². The Hall–Kier alpha value is -2.36. The highest BCUT2D eigenvalue weighted by Gasteiger charge is 2.34. The zero-order chi connectivity index (χ0) is 23.4. The van der Waals surface area contributed by atoms with Crippen LogP contribution < -0.4 is 5.32 Å². The summed E-state index contributed by atoms with van der Waals surface area (Å²) in [5.41, 5.74) is 2.48. The van der Waals surface area contributed by atoms with E-state index in [2.05, 4.69) is 10.2 Å². The maximum absolute atomic E-state index is 13.2. The fourth-order valence-electron chi connectivity index (χ4n) is 4.27. The molecule has 7 nitrogen and oxygen atoms in total. The van der Waals surface area contributed by atoms with E-state index in [-0.39, 0.29) is 35.1 Å². The maximum Gasteiger partial charge on any atom is 0.255 e. The van der Waals surface area contributed by atoms with Crippen molar-refractivity contribution in [1.29, 1.82) is 0 Å². The first kappa shape index (κ1) is 23.8. The van der Waals surface area contributed by atoms with Crippen LogP contribution in [0.15, 0.2) is 53.4 Å². The first-order valence-corrected chi connectivity index (χ1v) is 13.9. The molecule has 2 aliphatic rings. The van der Waals surface area contributed by atoms with Gasteiger partial charge in [0, 0.05) is 42.8 Å². The fourth-order valence-corrected chi connectivity index (χ4v) is 6.88. The van der Waals surface area contributed by atoms with Gasteiger partial charge in [0.1, 0.15) is 0 Å². The molecule has 2 fully saturated rings. The second-order valence-corrected chi connectivity index (χ2v) is 11.8. The summed E-state index contributed by atoms with van der Waals surface area (Å²) in [6.07, 6.45) is 0.681. The van der Waals surface area contributed by atoms with Crippen molar-refractivity contribution < 1.29 is 18.0 Å². The van der Waals surface area contributed by atoms with E-state index in [1.54, 1.807) is 6.07 Å². The number of thioether (sulfide) groups is 1. The van der Waals surface area contributed by atoms with Gasteiger partial charge in [-0.25, -0.2) is 8.42 Å². The van der Waals surface area contributed by atoms with Crippen molar-refractivity contribution in [1.82, 2.24) is 9.80 Å². The van der Waals surface area contributed by atoms with Gasteiger partial charge >= 0.3 is 0 Å². The Kier molecular flexibility index (Phi) is 7.41. The van der Waals surface area contributed by atoms with Gasteiger partial charge in [0.25, 0.3) is 5.91 Å². The van der Waals surface area contributed by atoms with Crippen molar-refractivity contribution in [3.05, 3.63) is 59.7 Å². The minimum atomic E-state index is -2.92. The molecular weight excluding hydrogens is 458 g/mol. The molecule has 0 radical (unpaired) electrons. The Labute approximate surface area is 199 Å². The molecule has 2 saturated heterocycles. The predicted molar refractivity (Wildman–Crippen MR) is 132 cm³/mol. The van der Waals surface area contributed by atoms with Crippen LogP contribution in [-0.4, -0.2) is 79.5 Å². The monoisotopic (exact) mass is 487 g/mol. The van der Waals surface area contributed by atoms with E-state index < -0.39 is 9.84 Å². The van der Waals surface area contributed by atoms with Gasteiger partial charge < -0.3 is 10.2 Å². The van der Waals surface area contributed by atoms with Gasteiger partial charge in [-0.05, 0) is 37.6 Å². The summed E-state index contributed by atoms with van der Waals surface area (Å²) in [6.45, 7) is 4.50. The summed E-state index contributed by atoms with van der Waals surface area (Å²) in [7, 11) is -2.92. The van der Waals surface area contributed by atoms with Crippen molar-refractivity contribution in [3.8, 4) is 0 Å². The molecule has 176 valence electrons. The molecule has 33 heavy (non-hydrogen) atoms. The summed E-state index contributed by atoms with van der Waals surface area (Å²) in [5.74, 6) is 0.536. The molecule has 0 spiro atoms. The van der Waals surface area contributed by atoms with Gasteiger partial charge in [0.15, 0.2) is 9.84 Å². The molecule has 0 aromatic heterocycles. The van der Waals surface area contributed by atoms with E-state index in [0.29, 0.717) is 38.2 Å². The van der Waals surface area contributed by atoms with E-state index in [1.165, 1.54) is 11.8 Å². The van der Waals surface area contributed by atoms with Crippen LogP contribution in [-0.2, 0) is 14.6 Å². The van der Waals surface area contributed by atoms with Crippen molar-refractivity contribution in [2.24, 2.45) is 0 Å². The van der Waals surface area contributed by atoms with Crippen molar-refractivity contribution in [3.63, 3.8) is 0 Å². The lowest BCUT2D eigenvalue weighted by molar-refractivity contribution is -0.113. The van der Waals surface area contributed by atoms with Crippen LogP contribution >= 0.6 is 11.8 Å². The number of anilines is 1. The second kappa shape index (κ2) is 10.3. The number of rotatable bonds is 6. The van der Waals surface area contributed by atoms with E-state index in [0.717, 1.165) is 16.1 Å². The van der Waals surface area contributed by atoms with Gasteiger partial charge in [-0.15, -0.1) is 11.8 Å². The standard InChI is InChI=1S/C24H29N3O4S2/c1-18-6-8-19(9-7-18)25-23(28)16-32-22-5-3-2-4-21(22)24(29)27-13-11-26(12-14-27)20-10-15-33(30,31)17-20/h2-9,20H,10-17H2,1H3,(H,25,28)/t20-/m1/s1. The third kappa shape index (κ3) is 6.16. The Bertz CT molecular complexity index is 1110. The summed E-state index contributed by atoms with van der Waals surface area (Å²) < 4.78 is 23.6. The van der Waals surface area contributed by atoms with E-state index in [4.69, 9.17) is 0 Å². The number of piperazine rings is 1. The molecule has 1 atom stereocenters. The molecule has 2 aromatic carbocycles. The highest BCUT2D eigenvalue weighted by molar-refractivity contribution is 8.00. The minimum Gasteiger partial charge on any atom is -0.336 e. The molecule has 2 heterocycles. The lowest BCUT2D eigenvalue weighted by Gasteiger charge is -2.37. The zero-order valence-corrected chi connectivity index (χ0v) is 20.3. The Balaban J connectivity index is 1.32. The predicted octanol–water partition coefficient (Wildman–Crippen LogP) is 2.67. The van der Waals surface area contributed by atoms with Gasteiger partial charge in [-0.1, -0.05) is 29.8 Å². The van der Waals surface area contributed by atoms with E-state index in [9.17, 15) is 18.0 Å². The number of carbonyl (C=O) groups is 2. The molecule has 0 unspecified atom stereocenters. The third-order valence-corrected chi connectivity index (χ3v) is 8.96. The number of hydrogen-bond acceptors (Lipinski definition) is 6. The molecule has 0 saturated carbocycles. The summed E-state index contributed by atoms with van der Waals surface area (Å²) in [6, 6.07) is 15.1. The average Bonchev–Trinajstić information content (AvgIpc) is 3.18. The number of sulfone groups is 1. The van der Waals surface area contributed by atoms with E-state index in [1.807, 2.05) is 54.3 Å². The Morgan fingerprint density at radius 1 is 1.03 bits per heavy atom. The molecule has 0 bridgehead atoms. The molecule has 2 aromatic rings. The van der Waals surface area contributed by atoms with Crippen LogP contribution in [0, 0.1) is 6.92 Å². The third-order valence-electron chi connectivity index (χ3n) is 6.14. The summed E-state index contributed by atoms with van der Waals surface area (Å²) in [5, 5.41) is 2.89. The number of benzene rings is 2. The number of nitrogens with one attached hydrogen (secondary N) is 1. The summed E-state index contributed by atoms with van der Waals surface area (Å²) in [4.78, 5) is 30.4. The van der Waals surface area contributed by atoms with Crippen LogP contribution in [0.4, 0.5) is 5.69 Å². The molecular formula is C24H29N3O4S2. The fraction of sp³-hybridized carbons (Fsp3) is 0.417. The highest BCUT2D eigenvalue weighted by Crippen LogP contribution is 2.25. The normalized spacial score (nSPS) is 20.5.